The monoisotopic (exact) mass is 358 g/mol. The van der Waals surface area contributed by atoms with Crippen LogP contribution in [0.3, 0.4) is 0 Å². The summed E-state index contributed by atoms with van der Waals surface area (Å²) in [6.45, 7) is 5.81. The second-order valence-corrected chi connectivity index (χ2v) is 7.13. The Morgan fingerprint density at radius 2 is 1.95 bits per heavy atom. The highest BCUT2D eigenvalue weighted by Gasteiger charge is 2.31. The summed E-state index contributed by atoms with van der Waals surface area (Å²) < 4.78 is 37.4. The average molecular weight is 359 g/mol. The number of thiazole rings is 1. The molecule has 0 bridgehead atoms. The van der Waals surface area contributed by atoms with Crippen LogP contribution < -0.4 is 0 Å². The summed E-state index contributed by atoms with van der Waals surface area (Å²) in [5, 5.41) is 3.17. The Morgan fingerprint density at radius 3 is 2.37 bits per heavy atom. The maximum atomic E-state index is 12.5. The molecule has 19 heavy (non-hydrogen) atoms. The molecule has 0 aliphatic carbocycles. The molecule has 0 N–H and O–H groups in total. The van der Waals surface area contributed by atoms with E-state index in [-0.39, 0.29) is 12.0 Å². The number of hydrogen-bond donors (Lipinski definition) is 0. The van der Waals surface area contributed by atoms with E-state index < -0.39 is 12.7 Å². The molecule has 0 unspecified atom stereocenters. The van der Waals surface area contributed by atoms with Gasteiger partial charge >= 0.3 is 6.18 Å². The number of alkyl halides is 4. The van der Waals surface area contributed by atoms with Gasteiger partial charge in [0.05, 0.1) is 18.8 Å². The van der Waals surface area contributed by atoms with Crippen molar-refractivity contribution in [1.29, 1.82) is 0 Å². The molecule has 1 rings (SSSR count). The van der Waals surface area contributed by atoms with Crippen LogP contribution in [-0.4, -0.2) is 34.5 Å². The fourth-order valence-electron chi connectivity index (χ4n) is 1.51. The van der Waals surface area contributed by atoms with E-state index in [0.717, 1.165) is 10.7 Å². The molecule has 0 fully saturated rings. The van der Waals surface area contributed by atoms with Crippen molar-refractivity contribution in [2.75, 3.05) is 18.4 Å². The molecular formula is C12H18BrF3N2S. The van der Waals surface area contributed by atoms with Crippen molar-refractivity contribution in [3.8, 4) is 0 Å². The minimum atomic E-state index is -4.17. The summed E-state index contributed by atoms with van der Waals surface area (Å²) in [4.78, 5) is 5.79. The number of rotatable bonds is 5. The fourth-order valence-corrected chi connectivity index (χ4v) is 3.07. The summed E-state index contributed by atoms with van der Waals surface area (Å²) in [7, 11) is 0. The predicted molar refractivity (Wildman–Crippen MR) is 75.9 cm³/mol. The number of halogens is 4. The van der Waals surface area contributed by atoms with Crippen LogP contribution in [0.15, 0.2) is 5.38 Å². The zero-order chi connectivity index (χ0) is 14.7. The van der Waals surface area contributed by atoms with Crippen LogP contribution >= 0.6 is 27.3 Å². The van der Waals surface area contributed by atoms with Crippen LogP contribution in [0, 0.1) is 0 Å². The van der Waals surface area contributed by atoms with Gasteiger partial charge in [-0.15, -0.1) is 11.3 Å². The summed E-state index contributed by atoms with van der Waals surface area (Å²) in [6, 6.07) is 0. The van der Waals surface area contributed by atoms with Crippen molar-refractivity contribution in [1.82, 2.24) is 9.88 Å². The van der Waals surface area contributed by atoms with Crippen LogP contribution in [0.5, 0.6) is 0 Å². The molecule has 1 heterocycles. The first-order chi connectivity index (χ1) is 8.62. The Bertz CT molecular complexity index is 398. The number of hydrogen-bond acceptors (Lipinski definition) is 3. The SMILES string of the molecule is CC(C)(C)c1csc(CN(CCBr)CC(F)(F)F)n1. The maximum absolute atomic E-state index is 12.5. The van der Waals surface area contributed by atoms with E-state index in [1.54, 1.807) is 0 Å². The first-order valence-electron chi connectivity index (χ1n) is 5.92. The van der Waals surface area contributed by atoms with Gasteiger partial charge in [-0.05, 0) is 0 Å². The smallest absolute Gasteiger partial charge is 0.287 e. The normalized spacial score (nSPS) is 13.3. The third-order valence-corrected chi connectivity index (χ3v) is 3.67. The standard InChI is InChI=1S/C12H18BrF3N2S/c1-11(2,3)9-7-19-10(17-9)6-18(5-4-13)8-12(14,15)16/h7H,4-6,8H2,1-3H3. The van der Waals surface area contributed by atoms with Crippen molar-refractivity contribution in [3.05, 3.63) is 16.1 Å². The highest BCUT2D eigenvalue weighted by molar-refractivity contribution is 9.09. The Labute approximate surface area is 124 Å². The van der Waals surface area contributed by atoms with E-state index in [0.29, 0.717) is 11.9 Å². The average Bonchev–Trinajstić information content (AvgIpc) is 2.63. The van der Waals surface area contributed by atoms with E-state index in [9.17, 15) is 13.2 Å². The van der Waals surface area contributed by atoms with E-state index in [1.165, 1.54) is 16.2 Å². The van der Waals surface area contributed by atoms with Crippen molar-refractivity contribution in [3.63, 3.8) is 0 Å². The first kappa shape index (κ1) is 16.9. The second kappa shape index (κ2) is 6.54. The molecule has 0 aromatic carbocycles. The topological polar surface area (TPSA) is 16.1 Å². The molecule has 0 saturated heterocycles. The van der Waals surface area contributed by atoms with Gasteiger partial charge in [-0.3, -0.25) is 4.90 Å². The Kier molecular flexibility index (Phi) is 5.82. The largest absolute Gasteiger partial charge is 0.401 e. The molecular weight excluding hydrogens is 341 g/mol. The molecule has 0 saturated carbocycles. The highest BCUT2D eigenvalue weighted by atomic mass is 79.9. The quantitative estimate of drug-likeness (QED) is 0.733. The predicted octanol–water partition coefficient (Wildman–Crippen LogP) is 4.20. The molecule has 2 nitrogen and oxygen atoms in total. The fraction of sp³-hybridized carbons (Fsp3) is 0.750. The summed E-state index contributed by atoms with van der Waals surface area (Å²) in [5.41, 5.74) is 0.859. The second-order valence-electron chi connectivity index (χ2n) is 5.39. The van der Waals surface area contributed by atoms with Crippen molar-refractivity contribution in [2.45, 2.75) is 38.9 Å². The molecule has 0 spiro atoms. The van der Waals surface area contributed by atoms with Crippen molar-refractivity contribution >= 4 is 27.3 Å². The van der Waals surface area contributed by atoms with Gasteiger partial charge in [-0.25, -0.2) is 4.98 Å². The first-order valence-corrected chi connectivity index (χ1v) is 7.92. The minimum Gasteiger partial charge on any atom is -0.287 e. The molecule has 0 atom stereocenters. The third-order valence-electron chi connectivity index (χ3n) is 2.48. The minimum absolute atomic E-state index is 0.0704. The van der Waals surface area contributed by atoms with E-state index in [2.05, 4.69) is 20.9 Å². The Morgan fingerprint density at radius 1 is 1.32 bits per heavy atom. The van der Waals surface area contributed by atoms with Crippen LogP contribution in [0.25, 0.3) is 0 Å². The van der Waals surface area contributed by atoms with Crippen LogP contribution in [0.4, 0.5) is 13.2 Å². The van der Waals surface area contributed by atoms with Gasteiger partial charge in [0.1, 0.15) is 5.01 Å². The van der Waals surface area contributed by atoms with Gasteiger partial charge in [-0.2, -0.15) is 13.2 Å². The lowest BCUT2D eigenvalue weighted by Crippen LogP contribution is -2.35. The van der Waals surface area contributed by atoms with Gasteiger partial charge in [0.25, 0.3) is 0 Å². The molecule has 0 amide bonds. The lowest BCUT2D eigenvalue weighted by Gasteiger charge is -2.21. The zero-order valence-corrected chi connectivity index (χ0v) is 13.6. The van der Waals surface area contributed by atoms with Gasteiger partial charge in [0.2, 0.25) is 0 Å². The van der Waals surface area contributed by atoms with Gasteiger partial charge in [0, 0.05) is 22.7 Å². The molecule has 0 radical (unpaired) electrons. The summed E-state index contributed by atoms with van der Waals surface area (Å²) in [6.07, 6.45) is -4.17. The van der Waals surface area contributed by atoms with Gasteiger partial charge in [0.15, 0.2) is 0 Å². The number of nitrogens with zero attached hydrogens (tertiary/aromatic N) is 2. The van der Waals surface area contributed by atoms with Gasteiger partial charge < -0.3 is 0 Å². The van der Waals surface area contributed by atoms with E-state index in [1.807, 2.05) is 26.2 Å². The number of aromatic nitrogens is 1. The molecule has 1 aromatic rings. The van der Waals surface area contributed by atoms with E-state index in [4.69, 9.17) is 0 Å². The lowest BCUT2D eigenvalue weighted by atomic mass is 9.93. The van der Waals surface area contributed by atoms with Crippen LogP contribution in [0.1, 0.15) is 31.5 Å². The Balaban J connectivity index is 2.71. The molecule has 7 heteroatoms. The molecule has 1 aromatic heterocycles. The third kappa shape index (κ3) is 6.23. The molecule has 110 valence electrons. The van der Waals surface area contributed by atoms with Crippen molar-refractivity contribution < 1.29 is 13.2 Å². The zero-order valence-electron chi connectivity index (χ0n) is 11.2. The van der Waals surface area contributed by atoms with Crippen LogP contribution in [0.2, 0.25) is 0 Å². The lowest BCUT2D eigenvalue weighted by molar-refractivity contribution is -0.146. The molecule has 0 aliphatic heterocycles. The summed E-state index contributed by atoms with van der Waals surface area (Å²) >= 11 is 4.60. The van der Waals surface area contributed by atoms with Gasteiger partial charge in [-0.1, -0.05) is 36.7 Å². The van der Waals surface area contributed by atoms with Crippen molar-refractivity contribution in [2.24, 2.45) is 0 Å². The highest BCUT2D eigenvalue weighted by Crippen LogP contribution is 2.25. The Hall–Kier alpha value is -0.140. The molecule has 0 aliphatic rings. The maximum Gasteiger partial charge on any atom is 0.401 e. The van der Waals surface area contributed by atoms with E-state index >= 15 is 0 Å². The van der Waals surface area contributed by atoms with Crippen LogP contribution in [-0.2, 0) is 12.0 Å². The summed E-state index contributed by atoms with van der Waals surface area (Å²) in [5.74, 6) is 0.